The summed E-state index contributed by atoms with van der Waals surface area (Å²) in [5, 5.41) is 0.998. The van der Waals surface area contributed by atoms with Crippen LogP contribution in [-0.4, -0.2) is 30.8 Å². The number of nitrogens with zero attached hydrogens (tertiary/aromatic N) is 2. The smallest absolute Gasteiger partial charge is 0.0956 e. The number of nitrogens with two attached hydrogens (primary N) is 1. The van der Waals surface area contributed by atoms with Gasteiger partial charge in [0.15, 0.2) is 0 Å². The zero-order chi connectivity index (χ0) is 14.1. The minimum atomic E-state index is 0.404. The van der Waals surface area contributed by atoms with Crippen LogP contribution in [0.15, 0.2) is 28.9 Å². The Morgan fingerprint density at radius 3 is 3.15 bits per heavy atom. The Morgan fingerprint density at radius 2 is 2.35 bits per heavy atom. The summed E-state index contributed by atoms with van der Waals surface area (Å²) in [5.74, 6) is 0. The molecule has 1 atom stereocenters. The average Bonchev–Trinajstić information content (AvgIpc) is 2.48. The van der Waals surface area contributed by atoms with Gasteiger partial charge in [-0.15, -0.1) is 0 Å². The van der Waals surface area contributed by atoms with Gasteiger partial charge in [-0.25, -0.2) is 0 Å². The lowest BCUT2D eigenvalue weighted by Crippen LogP contribution is -2.45. The molecule has 1 aromatic carbocycles. The van der Waals surface area contributed by atoms with Gasteiger partial charge in [-0.3, -0.25) is 4.98 Å². The maximum atomic E-state index is 6.09. The number of halogens is 1. The van der Waals surface area contributed by atoms with Crippen molar-refractivity contribution >= 4 is 38.2 Å². The molecule has 1 saturated heterocycles. The van der Waals surface area contributed by atoms with E-state index in [1.807, 2.05) is 18.3 Å². The lowest BCUT2D eigenvalue weighted by Gasteiger charge is -2.37. The summed E-state index contributed by atoms with van der Waals surface area (Å²) in [6.45, 7) is 4.63. The largest absolute Gasteiger partial charge is 0.398 e. The Kier molecular flexibility index (Phi) is 3.81. The molecule has 1 unspecified atom stereocenters. The van der Waals surface area contributed by atoms with Gasteiger partial charge in [0.25, 0.3) is 0 Å². The number of aromatic nitrogens is 1. The first-order valence-corrected chi connectivity index (χ1v) is 7.68. The summed E-state index contributed by atoms with van der Waals surface area (Å²) in [7, 11) is 0. The highest BCUT2D eigenvalue weighted by Crippen LogP contribution is 2.33. The van der Waals surface area contributed by atoms with Gasteiger partial charge < -0.3 is 15.4 Å². The predicted octanol–water partition coefficient (Wildman–Crippen LogP) is 3.19. The van der Waals surface area contributed by atoms with Crippen molar-refractivity contribution in [3.63, 3.8) is 0 Å². The van der Waals surface area contributed by atoms with Crippen molar-refractivity contribution in [2.45, 2.75) is 19.4 Å². The molecular formula is C15H18BrN3O. The number of rotatable bonds is 2. The first-order chi connectivity index (χ1) is 9.70. The number of anilines is 2. The van der Waals surface area contributed by atoms with E-state index in [9.17, 15) is 0 Å². The molecule has 20 heavy (non-hydrogen) atoms. The first-order valence-electron chi connectivity index (χ1n) is 6.89. The minimum Gasteiger partial charge on any atom is -0.398 e. The summed E-state index contributed by atoms with van der Waals surface area (Å²) < 4.78 is 6.53. The third-order valence-corrected chi connectivity index (χ3v) is 4.27. The molecule has 0 bridgehead atoms. The zero-order valence-electron chi connectivity index (χ0n) is 11.5. The number of nitrogen functional groups attached to an aromatic ring is 1. The van der Waals surface area contributed by atoms with Gasteiger partial charge >= 0.3 is 0 Å². The van der Waals surface area contributed by atoms with E-state index in [1.54, 1.807) is 0 Å². The van der Waals surface area contributed by atoms with E-state index < -0.39 is 0 Å². The molecule has 1 aromatic heterocycles. The van der Waals surface area contributed by atoms with Crippen molar-refractivity contribution in [2.75, 3.05) is 30.4 Å². The minimum absolute atomic E-state index is 0.404. The third kappa shape index (κ3) is 2.36. The molecular weight excluding hydrogens is 318 g/mol. The SMILES string of the molecule is CCC1COCCN1c1ccc(N)c2cc(Br)cnc12. The van der Waals surface area contributed by atoms with E-state index in [1.165, 1.54) is 0 Å². The van der Waals surface area contributed by atoms with Crippen LogP contribution in [0.5, 0.6) is 0 Å². The van der Waals surface area contributed by atoms with Gasteiger partial charge in [0.1, 0.15) is 0 Å². The topological polar surface area (TPSA) is 51.4 Å². The van der Waals surface area contributed by atoms with Gasteiger partial charge in [0.05, 0.1) is 30.5 Å². The van der Waals surface area contributed by atoms with Crippen LogP contribution >= 0.6 is 15.9 Å². The van der Waals surface area contributed by atoms with Gasteiger partial charge in [0, 0.05) is 28.3 Å². The number of benzene rings is 1. The second-order valence-corrected chi connectivity index (χ2v) is 5.97. The van der Waals surface area contributed by atoms with E-state index in [0.29, 0.717) is 6.04 Å². The molecule has 4 nitrogen and oxygen atoms in total. The normalized spacial score (nSPS) is 19.5. The maximum absolute atomic E-state index is 6.09. The highest BCUT2D eigenvalue weighted by atomic mass is 79.9. The fraction of sp³-hybridized carbons (Fsp3) is 0.400. The molecule has 106 valence electrons. The Balaban J connectivity index is 2.13. The molecule has 1 fully saturated rings. The molecule has 5 heteroatoms. The fourth-order valence-electron chi connectivity index (χ4n) is 2.74. The molecule has 0 aliphatic carbocycles. The Morgan fingerprint density at radius 1 is 1.50 bits per heavy atom. The van der Waals surface area contributed by atoms with Crippen molar-refractivity contribution in [3.05, 3.63) is 28.9 Å². The number of morpholine rings is 1. The van der Waals surface area contributed by atoms with Crippen molar-refractivity contribution in [2.24, 2.45) is 0 Å². The molecule has 1 aliphatic rings. The van der Waals surface area contributed by atoms with Gasteiger partial charge in [-0.05, 0) is 40.5 Å². The lowest BCUT2D eigenvalue weighted by molar-refractivity contribution is 0.0931. The van der Waals surface area contributed by atoms with Gasteiger partial charge in [-0.1, -0.05) is 6.92 Å². The van der Waals surface area contributed by atoms with E-state index in [4.69, 9.17) is 10.5 Å². The fourth-order valence-corrected chi connectivity index (χ4v) is 3.07. The second-order valence-electron chi connectivity index (χ2n) is 5.05. The van der Waals surface area contributed by atoms with Crippen molar-refractivity contribution < 1.29 is 4.74 Å². The molecule has 0 spiro atoms. The summed E-state index contributed by atoms with van der Waals surface area (Å²) in [6, 6.07) is 6.48. The van der Waals surface area contributed by atoms with Crippen molar-refractivity contribution in [1.29, 1.82) is 0 Å². The number of pyridine rings is 1. The molecule has 1 aliphatic heterocycles. The molecule has 0 amide bonds. The Bertz CT molecular complexity index is 632. The van der Waals surface area contributed by atoms with Crippen LogP contribution in [0.1, 0.15) is 13.3 Å². The van der Waals surface area contributed by atoms with E-state index in [2.05, 4.69) is 38.8 Å². The van der Waals surface area contributed by atoms with E-state index >= 15 is 0 Å². The number of ether oxygens (including phenoxy) is 1. The van der Waals surface area contributed by atoms with E-state index in [-0.39, 0.29) is 0 Å². The van der Waals surface area contributed by atoms with Crippen molar-refractivity contribution in [1.82, 2.24) is 4.98 Å². The molecule has 0 radical (unpaired) electrons. The number of hydrogen-bond acceptors (Lipinski definition) is 4. The molecule has 2 heterocycles. The van der Waals surface area contributed by atoms with Crippen LogP contribution in [-0.2, 0) is 4.74 Å². The summed E-state index contributed by atoms with van der Waals surface area (Å²) >= 11 is 3.46. The highest BCUT2D eigenvalue weighted by molar-refractivity contribution is 9.10. The van der Waals surface area contributed by atoms with Gasteiger partial charge in [-0.2, -0.15) is 0 Å². The Hall–Kier alpha value is -1.33. The third-order valence-electron chi connectivity index (χ3n) is 3.84. The molecule has 3 rings (SSSR count). The number of hydrogen-bond donors (Lipinski definition) is 1. The quantitative estimate of drug-likeness (QED) is 0.856. The van der Waals surface area contributed by atoms with Crippen LogP contribution < -0.4 is 10.6 Å². The summed E-state index contributed by atoms with van der Waals surface area (Å²) in [4.78, 5) is 6.97. The standard InChI is InChI=1S/C15H18BrN3O/c1-2-11-9-20-6-5-19(11)14-4-3-13(17)12-7-10(16)8-18-15(12)14/h3-4,7-8,11H,2,5-6,9,17H2,1H3. The highest BCUT2D eigenvalue weighted by Gasteiger charge is 2.23. The Labute approximate surface area is 127 Å². The second kappa shape index (κ2) is 5.58. The van der Waals surface area contributed by atoms with Crippen LogP contribution in [0.4, 0.5) is 11.4 Å². The zero-order valence-corrected chi connectivity index (χ0v) is 13.1. The van der Waals surface area contributed by atoms with Gasteiger partial charge in [0.2, 0.25) is 0 Å². The van der Waals surface area contributed by atoms with E-state index in [0.717, 1.165) is 52.9 Å². The predicted molar refractivity (Wildman–Crippen MR) is 86.1 cm³/mol. The van der Waals surface area contributed by atoms with Crippen LogP contribution in [0.3, 0.4) is 0 Å². The molecule has 0 saturated carbocycles. The van der Waals surface area contributed by atoms with Crippen LogP contribution in [0.2, 0.25) is 0 Å². The lowest BCUT2D eigenvalue weighted by atomic mass is 10.1. The monoisotopic (exact) mass is 335 g/mol. The first kappa shape index (κ1) is 13.6. The molecule has 2 aromatic rings. The molecule has 2 N–H and O–H groups in total. The van der Waals surface area contributed by atoms with Crippen molar-refractivity contribution in [3.8, 4) is 0 Å². The number of fused-ring (bicyclic) bond motifs is 1. The summed E-state index contributed by atoms with van der Waals surface area (Å²) in [6.07, 6.45) is 2.88. The van der Waals surface area contributed by atoms with Crippen LogP contribution in [0, 0.1) is 0 Å². The average molecular weight is 336 g/mol. The summed E-state index contributed by atoms with van der Waals surface area (Å²) in [5.41, 5.74) is 8.97. The maximum Gasteiger partial charge on any atom is 0.0956 e. The van der Waals surface area contributed by atoms with Crippen LogP contribution in [0.25, 0.3) is 10.9 Å².